The summed E-state index contributed by atoms with van der Waals surface area (Å²) in [6, 6.07) is 4.57. The second-order valence-electron chi connectivity index (χ2n) is 7.83. The van der Waals surface area contributed by atoms with Gasteiger partial charge in [-0.3, -0.25) is 14.2 Å². The van der Waals surface area contributed by atoms with E-state index in [1.165, 1.54) is 6.92 Å². The molecule has 0 saturated carbocycles. The molecule has 1 heterocycles. The van der Waals surface area contributed by atoms with E-state index in [2.05, 4.69) is 4.74 Å². The van der Waals surface area contributed by atoms with Crippen molar-refractivity contribution in [2.75, 3.05) is 0 Å². The lowest BCUT2D eigenvalue weighted by molar-refractivity contribution is -0.274. The molecular weight excluding hydrogens is 465 g/mol. The van der Waals surface area contributed by atoms with Gasteiger partial charge in [0.2, 0.25) is 0 Å². The Morgan fingerprint density at radius 1 is 1.15 bits per heavy atom. The molecule has 0 aliphatic rings. The number of rotatable bonds is 6. The number of alkyl halides is 3. The highest BCUT2D eigenvalue weighted by atomic mass is 19.4. The number of carbonyl (C=O) groups is 2. The van der Waals surface area contributed by atoms with Crippen molar-refractivity contribution in [1.29, 1.82) is 0 Å². The van der Waals surface area contributed by atoms with Crippen molar-refractivity contribution in [3.63, 3.8) is 0 Å². The molecule has 6 nitrogen and oxygen atoms in total. The number of carboxylic acid groups (broad SMARTS) is 1. The van der Waals surface area contributed by atoms with Gasteiger partial charge < -0.3 is 14.9 Å². The number of hydrogen-bond donors (Lipinski definition) is 2. The summed E-state index contributed by atoms with van der Waals surface area (Å²) in [5.74, 6) is -8.66. The summed E-state index contributed by atoms with van der Waals surface area (Å²) in [5, 5.41) is 19.3. The molecule has 0 bridgehead atoms. The molecule has 2 atom stereocenters. The van der Waals surface area contributed by atoms with Crippen molar-refractivity contribution in [1.82, 2.24) is 4.57 Å². The lowest BCUT2D eigenvalue weighted by Gasteiger charge is -2.20. The Morgan fingerprint density at radius 3 is 2.24 bits per heavy atom. The van der Waals surface area contributed by atoms with Gasteiger partial charge in [-0.1, -0.05) is 20.3 Å². The maximum atomic E-state index is 15.0. The van der Waals surface area contributed by atoms with Crippen molar-refractivity contribution < 1.29 is 46.5 Å². The largest absolute Gasteiger partial charge is 0.573 e. The molecule has 0 aliphatic carbocycles. The number of aliphatic carboxylic acids is 1. The molecule has 2 aromatic carbocycles. The smallest absolute Gasteiger partial charge is 0.503 e. The van der Waals surface area contributed by atoms with Crippen LogP contribution in [0.3, 0.4) is 0 Å². The topological polar surface area (TPSA) is 88.8 Å². The second-order valence-corrected chi connectivity index (χ2v) is 7.83. The Labute approximate surface area is 190 Å². The van der Waals surface area contributed by atoms with Crippen molar-refractivity contribution in [2.24, 2.45) is 5.92 Å². The predicted molar refractivity (Wildman–Crippen MR) is 111 cm³/mol. The first-order valence-electron chi connectivity index (χ1n) is 10.1. The molecule has 3 rings (SSSR count). The molecule has 0 amide bonds. The molecule has 0 radical (unpaired) electrons. The molecule has 1 aromatic heterocycles. The number of carbonyl (C=O) groups excluding carboxylic acids is 1. The molecule has 1 unspecified atom stereocenters. The summed E-state index contributed by atoms with van der Waals surface area (Å²) in [6.45, 7) is 4.68. The third-order valence-electron chi connectivity index (χ3n) is 5.74. The first-order chi connectivity index (χ1) is 15.8. The number of phenolic OH excluding ortho intramolecular Hbond substituents is 1. The number of phenols is 1. The molecule has 0 fully saturated rings. The monoisotopic (exact) mass is 485 g/mol. The summed E-state index contributed by atoms with van der Waals surface area (Å²) < 4.78 is 71.2. The van der Waals surface area contributed by atoms with Crippen LogP contribution in [0.1, 0.15) is 47.8 Å². The molecule has 3 aromatic rings. The summed E-state index contributed by atoms with van der Waals surface area (Å²) in [4.78, 5) is 25.4. The van der Waals surface area contributed by atoms with Crippen molar-refractivity contribution in [3.8, 4) is 11.5 Å². The lowest BCUT2D eigenvalue weighted by Crippen LogP contribution is -2.21. The van der Waals surface area contributed by atoms with Gasteiger partial charge in [0.05, 0.1) is 11.4 Å². The Bertz CT molecular complexity index is 1260. The Morgan fingerprint density at radius 2 is 1.74 bits per heavy atom. The zero-order chi connectivity index (χ0) is 25.5. The SMILES string of the molecule is CC[C@@H](C)C(C(=O)O)c1c(C)n(C(=O)c2ccc(OC(F)(F)F)cc2)c2cc(F)c(O)c(F)c12. The van der Waals surface area contributed by atoms with Gasteiger partial charge in [-0.2, -0.15) is 0 Å². The Balaban J connectivity index is 2.27. The van der Waals surface area contributed by atoms with Crippen molar-refractivity contribution in [2.45, 2.75) is 39.5 Å². The van der Waals surface area contributed by atoms with Crippen LogP contribution in [0.2, 0.25) is 0 Å². The molecule has 11 heteroatoms. The van der Waals surface area contributed by atoms with E-state index in [1.807, 2.05) is 0 Å². The lowest BCUT2D eigenvalue weighted by atomic mass is 9.84. The summed E-state index contributed by atoms with van der Waals surface area (Å²) in [6.07, 6.45) is -4.56. The molecule has 0 aliphatic heterocycles. The van der Waals surface area contributed by atoms with E-state index >= 15 is 4.39 Å². The molecule has 182 valence electrons. The minimum atomic E-state index is -4.94. The Hall–Kier alpha value is -3.63. The van der Waals surface area contributed by atoms with Gasteiger partial charge in [0.15, 0.2) is 17.4 Å². The van der Waals surface area contributed by atoms with Gasteiger partial charge in [-0.25, -0.2) is 8.78 Å². The average molecular weight is 485 g/mol. The molecule has 0 saturated heterocycles. The van der Waals surface area contributed by atoms with Crippen LogP contribution in [0.25, 0.3) is 10.9 Å². The zero-order valence-corrected chi connectivity index (χ0v) is 18.2. The number of aromatic nitrogens is 1. The molecule has 0 spiro atoms. The summed E-state index contributed by atoms with van der Waals surface area (Å²) in [5.41, 5.74) is -0.580. The van der Waals surface area contributed by atoms with E-state index in [0.717, 1.165) is 28.8 Å². The van der Waals surface area contributed by atoms with Gasteiger partial charge >= 0.3 is 12.3 Å². The van der Waals surface area contributed by atoms with Crippen molar-refractivity contribution >= 4 is 22.8 Å². The zero-order valence-electron chi connectivity index (χ0n) is 18.2. The average Bonchev–Trinajstić information content (AvgIpc) is 3.02. The minimum Gasteiger partial charge on any atom is -0.503 e. The van der Waals surface area contributed by atoms with E-state index in [9.17, 15) is 37.4 Å². The quantitative estimate of drug-likeness (QED) is 0.435. The van der Waals surface area contributed by atoms with Crippen LogP contribution in [-0.4, -0.2) is 33.0 Å². The van der Waals surface area contributed by atoms with Crippen molar-refractivity contribution in [3.05, 3.63) is 58.8 Å². The minimum absolute atomic E-state index is 0.00721. The molecular formula is C23H20F5NO5. The number of nitrogens with zero attached hydrogens (tertiary/aromatic N) is 1. The standard InChI is InChI=1S/C23H20F5NO5/c1-4-10(2)16(22(32)33)17-11(3)29(15-9-14(24)20(30)19(25)18(15)17)21(31)12-5-7-13(8-6-12)34-23(26,27)28/h5-10,16,30H,4H2,1-3H3,(H,32,33)/t10-,16?/m1/s1. The van der Waals surface area contributed by atoms with E-state index in [-0.39, 0.29) is 22.3 Å². The maximum Gasteiger partial charge on any atom is 0.573 e. The van der Waals surface area contributed by atoms with Gasteiger partial charge in [0.1, 0.15) is 5.75 Å². The Kier molecular flexibility index (Phi) is 6.59. The van der Waals surface area contributed by atoms with Crippen LogP contribution in [0.5, 0.6) is 11.5 Å². The first kappa shape index (κ1) is 25.0. The second kappa shape index (κ2) is 8.96. The van der Waals surface area contributed by atoms with E-state index in [0.29, 0.717) is 12.5 Å². The number of hydrogen-bond acceptors (Lipinski definition) is 4. The summed E-state index contributed by atoms with van der Waals surface area (Å²) in [7, 11) is 0. The number of ether oxygens (including phenoxy) is 1. The fourth-order valence-electron chi connectivity index (χ4n) is 3.97. The van der Waals surface area contributed by atoms with Crippen LogP contribution < -0.4 is 4.74 Å². The van der Waals surface area contributed by atoms with Gasteiger partial charge in [-0.15, -0.1) is 13.2 Å². The predicted octanol–water partition coefficient (Wildman–Crippen LogP) is 5.73. The fraction of sp³-hybridized carbons (Fsp3) is 0.304. The van der Waals surface area contributed by atoms with Gasteiger partial charge in [-0.05, 0) is 42.7 Å². The number of carboxylic acids is 1. The highest BCUT2D eigenvalue weighted by molar-refractivity contribution is 6.05. The number of fused-ring (bicyclic) bond motifs is 1. The number of halogens is 5. The third-order valence-corrected chi connectivity index (χ3v) is 5.74. The first-order valence-corrected chi connectivity index (χ1v) is 10.1. The van der Waals surface area contributed by atoms with Gasteiger partial charge in [0.25, 0.3) is 5.91 Å². The van der Waals surface area contributed by atoms with Crippen LogP contribution >= 0.6 is 0 Å². The third kappa shape index (κ3) is 4.42. The highest BCUT2D eigenvalue weighted by Gasteiger charge is 2.35. The molecule has 2 N–H and O–H groups in total. The van der Waals surface area contributed by atoms with Crippen LogP contribution in [0.15, 0.2) is 30.3 Å². The van der Waals surface area contributed by atoms with E-state index < -0.39 is 58.6 Å². The van der Waals surface area contributed by atoms with Crippen LogP contribution in [0, 0.1) is 24.5 Å². The van der Waals surface area contributed by atoms with Gasteiger partial charge in [0, 0.05) is 22.7 Å². The number of aromatic hydroxyl groups is 1. The molecule has 34 heavy (non-hydrogen) atoms. The van der Waals surface area contributed by atoms with E-state index in [1.54, 1.807) is 13.8 Å². The van der Waals surface area contributed by atoms with Crippen LogP contribution in [-0.2, 0) is 4.79 Å². The fourth-order valence-corrected chi connectivity index (χ4v) is 3.97. The highest BCUT2D eigenvalue weighted by Crippen LogP contribution is 2.41. The normalized spacial score (nSPS) is 13.6. The maximum absolute atomic E-state index is 15.0. The summed E-state index contributed by atoms with van der Waals surface area (Å²) >= 11 is 0. The van der Waals surface area contributed by atoms with E-state index in [4.69, 9.17) is 0 Å². The van der Waals surface area contributed by atoms with Crippen LogP contribution in [0.4, 0.5) is 22.0 Å². The number of benzene rings is 2.